The van der Waals surface area contributed by atoms with Gasteiger partial charge in [-0.25, -0.2) is 4.79 Å². The topological polar surface area (TPSA) is 55.4 Å². The van der Waals surface area contributed by atoms with Crippen LogP contribution in [0.2, 0.25) is 0 Å². The van der Waals surface area contributed by atoms with Crippen LogP contribution in [-0.2, 0) is 9.53 Å². The number of ether oxygens (including phenoxy) is 1. The largest absolute Gasteiger partial charge is 0.459 e. The first-order chi connectivity index (χ1) is 9.15. The Morgan fingerprint density at radius 3 is 2.32 bits per heavy atom. The molecule has 19 heavy (non-hydrogen) atoms. The highest BCUT2D eigenvalue weighted by Crippen LogP contribution is 2.21. The van der Waals surface area contributed by atoms with E-state index in [-0.39, 0.29) is 18.0 Å². The van der Waals surface area contributed by atoms with Crippen molar-refractivity contribution in [1.29, 1.82) is 0 Å². The first-order valence-corrected chi connectivity index (χ1v) is 6.74. The molecule has 1 aliphatic rings. The first kappa shape index (κ1) is 13.6. The van der Waals surface area contributed by atoms with Crippen molar-refractivity contribution in [3.8, 4) is 0 Å². The predicted octanol–water partition coefficient (Wildman–Crippen LogP) is 3.13. The number of hydrogen-bond donors (Lipinski definition) is 1. The average Bonchev–Trinajstić information content (AvgIpc) is 2.40. The Balaban J connectivity index is 1.93. The molecule has 1 aromatic rings. The molecule has 2 rings (SSSR count). The summed E-state index contributed by atoms with van der Waals surface area (Å²) in [7, 11) is 0. The highest BCUT2D eigenvalue weighted by molar-refractivity contribution is 5.92. The van der Waals surface area contributed by atoms with Crippen molar-refractivity contribution in [1.82, 2.24) is 0 Å². The van der Waals surface area contributed by atoms with Crippen LogP contribution in [0.1, 0.15) is 49.4 Å². The number of esters is 1. The minimum Gasteiger partial charge on any atom is -0.459 e. The van der Waals surface area contributed by atoms with E-state index in [1.807, 2.05) is 0 Å². The minimum atomic E-state index is -0.277. The van der Waals surface area contributed by atoms with Gasteiger partial charge in [-0.2, -0.15) is 0 Å². The molecule has 1 aliphatic carbocycles. The SMILES string of the molecule is CC(=O)Nc1ccc(C(=O)OC2CCCCC2)cc1. The summed E-state index contributed by atoms with van der Waals surface area (Å²) in [5.74, 6) is -0.404. The molecule has 1 aromatic carbocycles. The molecule has 1 N–H and O–H groups in total. The average molecular weight is 261 g/mol. The van der Waals surface area contributed by atoms with Crippen LogP contribution in [0.25, 0.3) is 0 Å². The van der Waals surface area contributed by atoms with Gasteiger partial charge in [0.2, 0.25) is 5.91 Å². The van der Waals surface area contributed by atoms with Crippen LogP contribution in [0.15, 0.2) is 24.3 Å². The van der Waals surface area contributed by atoms with Crippen molar-refractivity contribution >= 4 is 17.6 Å². The summed E-state index contributed by atoms with van der Waals surface area (Å²) in [5.41, 5.74) is 1.21. The van der Waals surface area contributed by atoms with Crippen LogP contribution in [0, 0.1) is 0 Å². The molecular weight excluding hydrogens is 242 g/mol. The van der Waals surface area contributed by atoms with Gasteiger partial charge in [0, 0.05) is 12.6 Å². The van der Waals surface area contributed by atoms with Gasteiger partial charge in [-0.05, 0) is 49.9 Å². The Kier molecular flexibility index (Phi) is 4.55. The normalized spacial score (nSPS) is 15.8. The van der Waals surface area contributed by atoms with Gasteiger partial charge in [0.1, 0.15) is 6.10 Å². The van der Waals surface area contributed by atoms with Crippen molar-refractivity contribution in [2.75, 3.05) is 5.32 Å². The van der Waals surface area contributed by atoms with Crippen molar-refractivity contribution < 1.29 is 14.3 Å². The maximum absolute atomic E-state index is 11.9. The zero-order valence-corrected chi connectivity index (χ0v) is 11.1. The van der Waals surface area contributed by atoms with E-state index in [0.717, 1.165) is 25.7 Å². The third-order valence-electron chi connectivity index (χ3n) is 3.27. The number of benzene rings is 1. The lowest BCUT2D eigenvalue weighted by atomic mass is 9.98. The molecule has 0 aliphatic heterocycles. The summed E-state index contributed by atoms with van der Waals surface area (Å²) < 4.78 is 5.47. The van der Waals surface area contributed by atoms with E-state index in [1.54, 1.807) is 24.3 Å². The van der Waals surface area contributed by atoms with Crippen LogP contribution in [0.5, 0.6) is 0 Å². The van der Waals surface area contributed by atoms with Gasteiger partial charge in [-0.15, -0.1) is 0 Å². The molecule has 0 heterocycles. The van der Waals surface area contributed by atoms with Crippen molar-refractivity contribution in [3.05, 3.63) is 29.8 Å². The van der Waals surface area contributed by atoms with Gasteiger partial charge in [-0.1, -0.05) is 6.42 Å². The van der Waals surface area contributed by atoms with Crippen LogP contribution in [-0.4, -0.2) is 18.0 Å². The maximum atomic E-state index is 11.9. The van der Waals surface area contributed by atoms with Gasteiger partial charge < -0.3 is 10.1 Å². The molecule has 1 fully saturated rings. The van der Waals surface area contributed by atoms with Gasteiger partial charge in [0.15, 0.2) is 0 Å². The molecule has 0 bridgehead atoms. The second-order valence-electron chi connectivity index (χ2n) is 4.92. The lowest BCUT2D eigenvalue weighted by molar-refractivity contribution is -0.114. The van der Waals surface area contributed by atoms with Crippen LogP contribution >= 0.6 is 0 Å². The molecule has 0 saturated heterocycles. The van der Waals surface area contributed by atoms with Crippen molar-refractivity contribution in [2.45, 2.75) is 45.1 Å². The Bertz CT molecular complexity index is 447. The van der Waals surface area contributed by atoms with Crippen LogP contribution < -0.4 is 5.32 Å². The number of nitrogens with one attached hydrogen (secondary N) is 1. The molecule has 4 nitrogen and oxygen atoms in total. The molecule has 0 atom stereocenters. The van der Waals surface area contributed by atoms with Crippen LogP contribution in [0.3, 0.4) is 0 Å². The Morgan fingerprint density at radius 1 is 1.11 bits per heavy atom. The summed E-state index contributed by atoms with van der Waals surface area (Å²) in [4.78, 5) is 22.8. The summed E-state index contributed by atoms with van der Waals surface area (Å²) in [6.45, 7) is 1.45. The van der Waals surface area contributed by atoms with E-state index in [0.29, 0.717) is 11.3 Å². The number of carbonyl (C=O) groups excluding carboxylic acids is 2. The van der Waals surface area contributed by atoms with Gasteiger partial charge in [0.25, 0.3) is 0 Å². The Morgan fingerprint density at radius 2 is 1.74 bits per heavy atom. The number of anilines is 1. The summed E-state index contributed by atoms with van der Waals surface area (Å²) in [5, 5.41) is 2.66. The molecule has 102 valence electrons. The van der Waals surface area contributed by atoms with Crippen molar-refractivity contribution in [3.63, 3.8) is 0 Å². The Hall–Kier alpha value is -1.84. The molecule has 4 heteroatoms. The molecule has 1 saturated carbocycles. The zero-order chi connectivity index (χ0) is 13.7. The first-order valence-electron chi connectivity index (χ1n) is 6.74. The smallest absolute Gasteiger partial charge is 0.338 e. The molecule has 0 radical (unpaired) electrons. The second kappa shape index (κ2) is 6.36. The molecule has 0 spiro atoms. The lowest BCUT2D eigenvalue weighted by Crippen LogP contribution is -2.20. The van der Waals surface area contributed by atoms with E-state index in [4.69, 9.17) is 4.74 Å². The maximum Gasteiger partial charge on any atom is 0.338 e. The van der Waals surface area contributed by atoms with Crippen molar-refractivity contribution in [2.24, 2.45) is 0 Å². The van der Waals surface area contributed by atoms with E-state index >= 15 is 0 Å². The highest BCUT2D eigenvalue weighted by Gasteiger charge is 2.18. The second-order valence-corrected chi connectivity index (χ2v) is 4.92. The van der Waals surface area contributed by atoms with Gasteiger partial charge >= 0.3 is 5.97 Å². The molecule has 0 unspecified atom stereocenters. The minimum absolute atomic E-state index is 0.0660. The summed E-state index contributed by atoms with van der Waals surface area (Å²) >= 11 is 0. The monoisotopic (exact) mass is 261 g/mol. The number of hydrogen-bond acceptors (Lipinski definition) is 3. The number of amides is 1. The zero-order valence-electron chi connectivity index (χ0n) is 11.1. The predicted molar refractivity (Wildman–Crippen MR) is 73.0 cm³/mol. The molecular formula is C15H19NO3. The third kappa shape index (κ3) is 4.09. The lowest BCUT2D eigenvalue weighted by Gasteiger charge is -2.21. The summed E-state index contributed by atoms with van der Waals surface area (Å²) in [6.07, 6.45) is 5.51. The van der Waals surface area contributed by atoms with E-state index in [9.17, 15) is 9.59 Å². The Labute approximate surface area is 113 Å². The number of rotatable bonds is 3. The van der Waals surface area contributed by atoms with E-state index in [1.165, 1.54) is 13.3 Å². The van der Waals surface area contributed by atoms with E-state index < -0.39 is 0 Å². The van der Waals surface area contributed by atoms with Gasteiger partial charge in [0.05, 0.1) is 5.56 Å². The fraction of sp³-hybridized carbons (Fsp3) is 0.467. The third-order valence-corrected chi connectivity index (χ3v) is 3.27. The standard InChI is InChI=1S/C15H19NO3/c1-11(17)16-13-9-7-12(8-10-13)15(18)19-14-5-3-2-4-6-14/h7-10,14H,2-6H2,1H3,(H,16,17). The molecule has 1 amide bonds. The van der Waals surface area contributed by atoms with E-state index in [2.05, 4.69) is 5.32 Å². The van der Waals surface area contributed by atoms with Gasteiger partial charge in [-0.3, -0.25) is 4.79 Å². The quantitative estimate of drug-likeness (QED) is 0.850. The highest BCUT2D eigenvalue weighted by atomic mass is 16.5. The summed E-state index contributed by atoms with van der Waals surface area (Å²) in [6, 6.07) is 6.77. The fourth-order valence-corrected chi connectivity index (χ4v) is 2.30. The number of carbonyl (C=O) groups is 2. The molecule has 0 aromatic heterocycles. The fourth-order valence-electron chi connectivity index (χ4n) is 2.30. The van der Waals surface area contributed by atoms with Crippen LogP contribution in [0.4, 0.5) is 5.69 Å².